The van der Waals surface area contributed by atoms with Gasteiger partial charge in [0.25, 0.3) is 0 Å². The summed E-state index contributed by atoms with van der Waals surface area (Å²) in [5, 5.41) is 2.57. The molecule has 0 saturated heterocycles. The maximum Gasteiger partial charge on any atom is 3.00 e. The van der Waals surface area contributed by atoms with E-state index in [0.717, 1.165) is 6.42 Å². The Kier molecular flexibility index (Phi) is 10.4. The van der Waals surface area contributed by atoms with Crippen LogP contribution in [0.4, 0.5) is 0 Å². The molecule has 0 aromatic heterocycles. The second-order valence-corrected chi connectivity index (χ2v) is 12.9. The van der Waals surface area contributed by atoms with Gasteiger partial charge in [0, 0.05) is 0 Å². The van der Waals surface area contributed by atoms with Gasteiger partial charge in [0.1, 0.15) is 0 Å². The van der Waals surface area contributed by atoms with E-state index in [-0.39, 0.29) is 57.4 Å². The molecule has 0 unspecified atom stereocenters. The monoisotopic (exact) mass is 623 g/mol. The summed E-state index contributed by atoms with van der Waals surface area (Å²) in [6, 6.07) is 31.3. The first-order valence-corrected chi connectivity index (χ1v) is 14.1. The largest absolute Gasteiger partial charge is 3.00 e. The van der Waals surface area contributed by atoms with Gasteiger partial charge in [0.05, 0.1) is 0 Å². The van der Waals surface area contributed by atoms with E-state index >= 15 is 0 Å². The van der Waals surface area contributed by atoms with E-state index in [1.165, 1.54) is 66.1 Å². The van der Waals surface area contributed by atoms with Gasteiger partial charge in [-0.3, -0.25) is 0 Å². The van der Waals surface area contributed by atoms with Crippen molar-refractivity contribution in [3.63, 3.8) is 0 Å². The number of benzene rings is 4. The number of hydrogen-bond donors (Lipinski definition) is 0. The van der Waals surface area contributed by atoms with E-state index in [2.05, 4.69) is 151 Å². The molecular formula is C39H37Cl2Ti. The van der Waals surface area contributed by atoms with Crippen molar-refractivity contribution in [3.05, 3.63) is 147 Å². The zero-order valence-corrected chi connectivity index (χ0v) is 28.4. The minimum atomic E-state index is -0.0784. The third kappa shape index (κ3) is 6.20. The van der Waals surface area contributed by atoms with Crippen LogP contribution >= 0.6 is 0 Å². The minimum Gasteiger partial charge on any atom is -1.00 e. The summed E-state index contributed by atoms with van der Waals surface area (Å²) in [6.07, 6.45) is 11.7. The van der Waals surface area contributed by atoms with Crippen molar-refractivity contribution in [1.82, 2.24) is 0 Å². The molecule has 1 radical (unpaired) electrons. The molecule has 0 aliphatic heterocycles. The predicted octanol–water partition coefficient (Wildman–Crippen LogP) is 2.56. The Hall–Kier alpha value is -2.61. The quantitative estimate of drug-likeness (QED) is 0.214. The minimum absolute atomic E-state index is 0. The molecule has 0 saturated carbocycles. The molecule has 42 heavy (non-hydrogen) atoms. The summed E-state index contributed by atoms with van der Waals surface area (Å²) in [4.78, 5) is 0. The Morgan fingerprint density at radius 1 is 0.690 bits per heavy atom. The molecule has 0 bridgehead atoms. The van der Waals surface area contributed by atoms with Crippen LogP contribution in [0.1, 0.15) is 81.3 Å². The molecule has 0 amide bonds. The molecule has 0 atom stereocenters. The number of halogens is 2. The molecular weight excluding hydrogens is 587 g/mol. The summed E-state index contributed by atoms with van der Waals surface area (Å²) >= 11 is 0. The Morgan fingerprint density at radius 3 is 1.79 bits per heavy atom. The fraction of sp³-hybridized carbons (Fsp3) is 0.231. The van der Waals surface area contributed by atoms with Crippen molar-refractivity contribution in [2.45, 2.75) is 58.8 Å². The summed E-state index contributed by atoms with van der Waals surface area (Å²) in [7, 11) is 0. The van der Waals surface area contributed by atoms with Crippen molar-refractivity contribution < 1.29 is 46.5 Å². The van der Waals surface area contributed by atoms with Crippen molar-refractivity contribution in [2.24, 2.45) is 0 Å². The van der Waals surface area contributed by atoms with Gasteiger partial charge in [-0.15, -0.1) is 34.1 Å². The van der Waals surface area contributed by atoms with E-state index in [1.807, 2.05) is 0 Å². The Bertz CT molecular complexity index is 1720. The van der Waals surface area contributed by atoms with E-state index in [9.17, 15) is 0 Å². The SMILES string of the molecule is CC(C)(C)c1ccc2c(c1)[C-]=c1c-2cc(=C(c2ccccc2)c2ccccc2)c(C(C)(C)C)c1C1=CC=CC1.[Cl-].[Cl-].[Ti+3]. The first-order valence-electron chi connectivity index (χ1n) is 14.1. The Morgan fingerprint density at radius 2 is 1.29 bits per heavy atom. The second kappa shape index (κ2) is 12.9. The van der Waals surface area contributed by atoms with Gasteiger partial charge >= 0.3 is 21.7 Å². The van der Waals surface area contributed by atoms with Gasteiger partial charge in [-0.05, 0) is 39.2 Å². The molecule has 2 aliphatic carbocycles. The molecule has 3 heteroatoms. The topological polar surface area (TPSA) is 0 Å². The average molecular weight is 624 g/mol. The number of fused-ring (bicyclic) bond motifs is 3. The standard InChI is InChI=1S/C39H37.2ClH.Ti/c1-38(2,3)30-21-22-31-29(23-30)24-33-32(31)25-34(37(39(4,5)6)36(33)28-19-13-14-20-28)35(26-15-9-7-10-16-26)27-17-11-8-12-18-27;;;/h7-19,21-23,25H,20H2,1-6H3;2*1H;/q-1;;;+3/p-2. The third-order valence-corrected chi connectivity index (χ3v) is 8.00. The molecule has 0 spiro atoms. The third-order valence-electron chi connectivity index (χ3n) is 8.00. The molecule has 0 heterocycles. The van der Waals surface area contributed by atoms with E-state index in [4.69, 9.17) is 0 Å². The van der Waals surface area contributed by atoms with Crippen molar-refractivity contribution in [2.75, 3.05) is 0 Å². The maximum absolute atomic E-state index is 3.92. The van der Waals surface area contributed by atoms with Gasteiger partial charge in [0.2, 0.25) is 0 Å². The zero-order chi connectivity index (χ0) is 27.4. The first kappa shape index (κ1) is 33.9. The van der Waals surface area contributed by atoms with Gasteiger partial charge in [0.15, 0.2) is 0 Å². The van der Waals surface area contributed by atoms with Gasteiger partial charge in [-0.1, -0.05) is 161 Å². The Balaban J connectivity index is 0.00000161. The molecule has 4 aromatic carbocycles. The molecule has 0 nitrogen and oxygen atoms in total. The van der Waals surface area contributed by atoms with Crippen LogP contribution in [-0.4, -0.2) is 0 Å². The number of allylic oxidation sites excluding steroid dienone is 4. The van der Waals surface area contributed by atoms with Crippen molar-refractivity contribution in [3.8, 4) is 11.1 Å². The number of hydrogen-bond acceptors (Lipinski definition) is 0. The summed E-state index contributed by atoms with van der Waals surface area (Å²) in [6.45, 7) is 13.9. The van der Waals surface area contributed by atoms with Gasteiger partial charge in [-0.25, -0.2) is 0 Å². The average Bonchev–Trinajstić information content (AvgIpc) is 3.56. The molecule has 4 aromatic rings. The van der Waals surface area contributed by atoms with E-state index < -0.39 is 0 Å². The fourth-order valence-corrected chi connectivity index (χ4v) is 6.13. The first-order chi connectivity index (χ1) is 18.6. The zero-order valence-electron chi connectivity index (χ0n) is 25.3. The predicted molar refractivity (Wildman–Crippen MR) is 167 cm³/mol. The molecule has 0 fully saturated rings. The summed E-state index contributed by atoms with van der Waals surface area (Å²) < 4.78 is 0. The van der Waals surface area contributed by atoms with Gasteiger partial charge in [-0.2, -0.15) is 0 Å². The summed E-state index contributed by atoms with van der Waals surface area (Å²) in [5.41, 5.74) is 13.1. The van der Waals surface area contributed by atoms with Crippen LogP contribution in [0.25, 0.3) is 28.3 Å². The van der Waals surface area contributed by atoms with Crippen LogP contribution in [0.5, 0.6) is 0 Å². The van der Waals surface area contributed by atoms with Gasteiger partial charge < -0.3 is 24.8 Å². The molecule has 2 aliphatic rings. The van der Waals surface area contributed by atoms with E-state index in [1.54, 1.807) is 0 Å². The number of rotatable bonds is 3. The second-order valence-electron chi connectivity index (χ2n) is 12.9. The van der Waals surface area contributed by atoms with Crippen LogP contribution in [-0.2, 0) is 32.5 Å². The van der Waals surface area contributed by atoms with Crippen molar-refractivity contribution in [1.29, 1.82) is 0 Å². The Labute approximate surface area is 279 Å². The molecule has 6 rings (SSSR count). The molecule has 0 N–H and O–H groups in total. The van der Waals surface area contributed by atoms with Crippen LogP contribution in [0.2, 0.25) is 0 Å². The normalized spacial score (nSPS) is 13.0. The van der Waals surface area contributed by atoms with Crippen LogP contribution < -0.4 is 35.3 Å². The maximum atomic E-state index is 3.92. The molecule has 211 valence electrons. The van der Waals surface area contributed by atoms with Crippen LogP contribution in [0.3, 0.4) is 0 Å². The van der Waals surface area contributed by atoms with Crippen LogP contribution in [0.15, 0.2) is 103 Å². The smallest absolute Gasteiger partial charge is 1.00 e. The van der Waals surface area contributed by atoms with Crippen LogP contribution in [0, 0.1) is 0 Å². The van der Waals surface area contributed by atoms with E-state index in [0.29, 0.717) is 0 Å². The fourth-order valence-electron chi connectivity index (χ4n) is 6.13. The van der Waals surface area contributed by atoms with Crippen molar-refractivity contribution >= 4 is 17.2 Å². The summed E-state index contributed by atoms with van der Waals surface area (Å²) in [5.74, 6) is 0.